The summed E-state index contributed by atoms with van der Waals surface area (Å²) >= 11 is 1.46. The fourth-order valence-electron chi connectivity index (χ4n) is 3.11. The van der Waals surface area contributed by atoms with Gasteiger partial charge in [-0.2, -0.15) is 4.98 Å². The summed E-state index contributed by atoms with van der Waals surface area (Å²) in [4.78, 5) is 22.0. The van der Waals surface area contributed by atoms with Crippen molar-refractivity contribution in [3.05, 3.63) is 64.0 Å². The number of benzene rings is 1. The number of rotatable bonds is 9. The van der Waals surface area contributed by atoms with E-state index in [9.17, 15) is 4.79 Å². The zero-order chi connectivity index (χ0) is 20.1. The largest absolute Gasteiger partial charge is 0.370 e. The van der Waals surface area contributed by atoms with Crippen molar-refractivity contribution in [2.75, 3.05) is 23.7 Å². The fraction of sp³-hybridized carbons (Fsp3) is 0.318. The number of aromatic nitrogens is 2. The average Bonchev–Trinajstić information content (AvgIpc) is 3.42. The Hall–Kier alpha value is -2.93. The summed E-state index contributed by atoms with van der Waals surface area (Å²) in [5.74, 6) is 2.04. The first-order valence-corrected chi connectivity index (χ1v) is 10.8. The lowest BCUT2D eigenvalue weighted by molar-refractivity contribution is 0.0957. The van der Waals surface area contributed by atoms with Crippen LogP contribution in [-0.4, -0.2) is 29.0 Å². The number of hydrogen-bond acceptors (Lipinski definition) is 6. The maximum Gasteiger partial charge on any atom is 0.261 e. The number of carbonyl (C=O) groups is 1. The van der Waals surface area contributed by atoms with Crippen LogP contribution in [0.2, 0.25) is 0 Å². The quantitative estimate of drug-likeness (QED) is 0.448. The highest BCUT2D eigenvalue weighted by Crippen LogP contribution is 2.42. The van der Waals surface area contributed by atoms with Crippen LogP contribution in [0.1, 0.15) is 46.0 Å². The molecular weight excluding hydrogens is 382 g/mol. The Balaban J connectivity index is 1.34. The van der Waals surface area contributed by atoms with Crippen LogP contribution in [0, 0.1) is 6.92 Å². The van der Waals surface area contributed by atoms with E-state index >= 15 is 0 Å². The number of amides is 1. The van der Waals surface area contributed by atoms with Crippen LogP contribution in [0.5, 0.6) is 0 Å². The van der Waals surface area contributed by atoms with Gasteiger partial charge in [-0.25, -0.2) is 4.98 Å². The SMILES string of the molecule is Cc1ccccc1Nc1ncc(C2CC2)c(NCCCNC(=O)c2cccs2)n1. The number of para-hydroxylation sites is 1. The van der Waals surface area contributed by atoms with Crippen molar-refractivity contribution in [3.8, 4) is 0 Å². The van der Waals surface area contributed by atoms with Gasteiger partial charge in [-0.3, -0.25) is 4.79 Å². The molecule has 0 aliphatic heterocycles. The summed E-state index contributed by atoms with van der Waals surface area (Å²) in [6.07, 6.45) is 5.15. The first kappa shape index (κ1) is 19.4. The van der Waals surface area contributed by atoms with E-state index in [1.165, 1.54) is 29.7 Å². The highest BCUT2D eigenvalue weighted by Gasteiger charge is 2.27. The lowest BCUT2D eigenvalue weighted by atomic mass is 10.2. The van der Waals surface area contributed by atoms with Crippen LogP contribution < -0.4 is 16.0 Å². The van der Waals surface area contributed by atoms with Crippen LogP contribution in [0.4, 0.5) is 17.5 Å². The minimum absolute atomic E-state index is 0.00887. The molecule has 29 heavy (non-hydrogen) atoms. The van der Waals surface area contributed by atoms with Crippen LogP contribution in [0.25, 0.3) is 0 Å². The van der Waals surface area contributed by atoms with Gasteiger partial charge in [0.05, 0.1) is 4.88 Å². The second kappa shape index (κ2) is 9.05. The molecule has 0 atom stereocenters. The normalized spacial score (nSPS) is 13.1. The minimum Gasteiger partial charge on any atom is -0.370 e. The minimum atomic E-state index is -0.00887. The van der Waals surface area contributed by atoms with E-state index < -0.39 is 0 Å². The van der Waals surface area contributed by atoms with Gasteiger partial charge in [-0.1, -0.05) is 24.3 Å². The monoisotopic (exact) mass is 407 g/mol. The molecule has 1 saturated carbocycles. The molecule has 7 heteroatoms. The number of carbonyl (C=O) groups excluding carboxylic acids is 1. The molecule has 4 rings (SSSR count). The molecule has 6 nitrogen and oxygen atoms in total. The van der Waals surface area contributed by atoms with Crippen molar-refractivity contribution < 1.29 is 4.79 Å². The Morgan fingerprint density at radius 3 is 2.79 bits per heavy atom. The predicted octanol–water partition coefficient (Wildman–Crippen LogP) is 4.70. The molecule has 0 unspecified atom stereocenters. The number of nitrogens with zero attached hydrogens (tertiary/aromatic N) is 2. The second-order valence-corrected chi connectivity index (χ2v) is 8.17. The third-order valence-corrected chi connectivity index (χ3v) is 5.77. The molecule has 150 valence electrons. The lowest BCUT2D eigenvalue weighted by Crippen LogP contribution is -2.25. The first-order valence-electron chi connectivity index (χ1n) is 9.96. The van der Waals surface area contributed by atoms with Crippen LogP contribution in [-0.2, 0) is 0 Å². The topological polar surface area (TPSA) is 78.9 Å². The Labute approximate surface area is 174 Å². The van der Waals surface area contributed by atoms with E-state index in [4.69, 9.17) is 4.98 Å². The Morgan fingerprint density at radius 1 is 1.17 bits per heavy atom. The van der Waals surface area contributed by atoms with Crippen molar-refractivity contribution in [3.63, 3.8) is 0 Å². The highest BCUT2D eigenvalue weighted by molar-refractivity contribution is 7.12. The summed E-state index contributed by atoms with van der Waals surface area (Å²) in [5.41, 5.74) is 3.34. The van der Waals surface area contributed by atoms with Crippen LogP contribution in [0.15, 0.2) is 48.0 Å². The van der Waals surface area contributed by atoms with Crippen molar-refractivity contribution in [2.24, 2.45) is 0 Å². The molecule has 2 aromatic heterocycles. The number of aryl methyl sites for hydroxylation is 1. The standard InChI is InChI=1S/C22H25N5OS/c1-15-6-2-3-7-18(15)26-22-25-14-17(16-9-10-16)20(27-22)23-11-5-12-24-21(28)19-8-4-13-29-19/h2-4,6-8,13-14,16H,5,9-12H2,1H3,(H,24,28)(H2,23,25,26,27). The van der Waals surface area contributed by atoms with Gasteiger partial charge in [0, 0.05) is 30.5 Å². The van der Waals surface area contributed by atoms with Gasteiger partial charge in [-0.15, -0.1) is 11.3 Å². The molecule has 3 aromatic rings. The van der Waals surface area contributed by atoms with E-state index in [0.29, 0.717) is 18.4 Å². The Bertz CT molecular complexity index is 969. The Kier molecular flexibility index (Phi) is 6.05. The van der Waals surface area contributed by atoms with E-state index in [1.807, 2.05) is 41.9 Å². The van der Waals surface area contributed by atoms with Crippen molar-refractivity contribution in [1.29, 1.82) is 0 Å². The highest BCUT2D eigenvalue weighted by atomic mass is 32.1. The molecule has 1 aliphatic carbocycles. The maximum atomic E-state index is 12.0. The molecule has 1 amide bonds. The zero-order valence-corrected chi connectivity index (χ0v) is 17.3. The summed E-state index contributed by atoms with van der Waals surface area (Å²) in [5, 5.41) is 11.6. The van der Waals surface area contributed by atoms with Crippen molar-refractivity contribution in [2.45, 2.75) is 32.1 Å². The van der Waals surface area contributed by atoms with E-state index in [0.717, 1.165) is 34.9 Å². The van der Waals surface area contributed by atoms with Gasteiger partial charge in [0.1, 0.15) is 5.82 Å². The number of hydrogen-bond donors (Lipinski definition) is 3. The molecule has 0 bridgehead atoms. The third kappa shape index (κ3) is 5.12. The molecule has 0 spiro atoms. The summed E-state index contributed by atoms with van der Waals surface area (Å²) in [7, 11) is 0. The molecule has 0 radical (unpaired) electrons. The Morgan fingerprint density at radius 2 is 2.03 bits per heavy atom. The van der Waals surface area contributed by atoms with Gasteiger partial charge in [0.2, 0.25) is 5.95 Å². The predicted molar refractivity (Wildman–Crippen MR) is 118 cm³/mol. The summed E-state index contributed by atoms with van der Waals surface area (Å²) in [6, 6.07) is 11.8. The molecule has 1 aliphatic rings. The van der Waals surface area contributed by atoms with E-state index in [1.54, 1.807) is 0 Å². The molecule has 2 heterocycles. The molecule has 1 aromatic carbocycles. The fourth-order valence-corrected chi connectivity index (χ4v) is 3.75. The maximum absolute atomic E-state index is 12.0. The summed E-state index contributed by atoms with van der Waals surface area (Å²) in [6.45, 7) is 3.43. The van der Waals surface area contributed by atoms with Gasteiger partial charge < -0.3 is 16.0 Å². The van der Waals surface area contributed by atoms with Gasteiger partial charge in [-0.05, 0) is 55.2 Å². The smallest absolute Gasteiger partial charge is 0.261 e. The van der Waals surface area contributed by atoms with Crippen LogP contribution in [0.3, 0.4) is 0 Å². The molecular formula is C22H25N5OS. The summed E-state index contributed by atoms with van der Waals surface area (Å²) < 4.78 is 0. The van der Waals surface area contributed by atoms with E-state index in [2.05, 4.69) is 33.9 Å². The average molecular weight is 408 g/mol. The van der Waals surface area contributed by atoms with E-state index in [-0.39, 0.29) is 5.91 Å². The van der Waals surface area contributed by atoms with Crippen LogP contribution >= 0.6 is 11.3 Å². The second-order valence-electron chi connectivity index (χ2n) is 7.23. The number of nitrogens with one attached hydrogen (secondary N) is 3. The van der Waals surface area contributed by atoms with Crippen molar-refractivity contribution in [1.82, 2.24) is 15.3 Å². The molecule has 1 fully saturated rings. The van der Waals surface area contributed by atoms with Gasteiger partial charge in [0.25, 0.3) is 5.91 Å². The van der Waals surface area contributed by atoms with Gasteiger partial charge in [0.15, 0.2) is 0 Å². The number of thiophene rings is 1. The molecule has 0 saturated heterocycles. The zero-order valence-electron chi connectivity index (χ0n) is 16.4. The molecule has 3 N–H and O–H groups in total. The number of anilines is 3. The van der Waals surface area contributed by atoms with Crippen molar-refractivity contribution >= 4 is 34.7 Å². The third-order valence-electron chi connectivity index (χ3n) is 4.90. The lowest BCUT2D eigenvalue weighted by Gasteiger charge is -2.13. The van der Waals surface area contributed by atoms with Gasteiger partial charge >= 0.3 is 0 Å². The first-order chi connectivity index (χ1) is 14.2.